The lowest BCUT2D eigenvalue weighted by atomic mass is 10.0. The summed E-state index contributed by atoms with van der Waals surface area (Å²) < 4.78 is 38.4. The fourth-order valence-corrected chi connectivity index (χ4v) is 1.74. The smallest absolute Gasteiger partial charge is 0.366 e. The first kappa shape index (κ1) is 17.4. The van der Waals surface area contributed by atoms with Crippen LogP contribution in [0.2, 0.25) is 0 Å². The third-order valence-electron chi connectivity index (χ3n) is 2.85. The van der Waals surface area contributed by atoms with Crippen LogP contribution in [0.15, 0.2) is 6.07 Å². The Hall–Kier alpha value is -1.61. The van der Waals surface area contributed by atoms with Gasteiger partial charge in [0.1, 0.15) is 5.82 Å². The van der Waals surface area contributed by atoms with Gasteiger partial charge in [-0.1, -0.05) is 13.8 Å². The minimum Gasteiger partial charge on any atom is -0.366 e. The Kier molecular flexibility index (Phi) is 5.73. The van der Waals surface area contributed by atoms with Crippen molar-refractivity contribution in [2.45, 2.75) is 26.1 Å². The molecule has 21 heavy (non-hydrogen) atoms. The van der Waals surface area contributed by atoms with Gasteiger partial charge in [0.05, 0.1) is 0 Å². The molecule has 1 rings (SSSR count). The zero-order valence-electron chi connectivity index (χ0n) is 12.5. The average Bonchev–Trinajstić information content (AvgIpc) is 2.35. The van der Waals surface area contributed by atoms with Crippen molar-refractivity contribution in [3.63, 3.8) is 0 Å². The lowest BCUT2D eigenvalue weighted by Gasteiger charge is -2.26. The summed E-state index contributed by atoms with van der Waals surface area (Å²) in [5.74, 6) is 5.15. The first-order valence-corrected chi connectivity index (χ1v) is 6.47. The van der Waals surface area contributed by atoms with Gasteiger partial charge < -0.3 is 10.2 Å². The van der Waals surface area contributed by atoms with E-state index in [1.54, 1.807) is 0 Å². The van der Waals surface area contributed by atoms with E-state index in [2.05, 4.69) is 20.7 Å². The Balaban J connectivity index is 3.05. The minimum atomic E-state index is -4.56. The lowest BCUT2D eigenvalue weighted by molar-refractivity contribution is -0.141. The molecule has 6 nitrogen and oxygen atoms in total. The van der Waals surface area contributed by atoms with Crippen LogP contribution in [0.5, 0.6) is 0 Å². The number of hydrogen-bond acceptors (Lipinski definition) is 6. The number of aromatic nitrogens is 2. The van der Waals surface area contributed by atoms with Crippen molar-refractivity contribution in [1.29, 1.82) is 0 Å². The summed E-state index contributed by atoms with van der Waals surface area (Å²) in [5, 5.41) is 3.01. The molecule has 0 aliphatic rings. The van der Waals surface area contributed by atoms with Crippen molar-refractivity contribution < 1.29 is 13.2 Å². The molecule has 1 heterocycles. The third-order valence-corrected chi connectivity index (χ3v) is 2.85. The molecule has 1 aromatic rings. The van der Waals surface area contributed by atoms with E-state index in [0.29, 0.717) is 6.54 Å². The van der Waals surface area contributed by atoms with E-state index >= 15 is 0 Å². The predicted molar refractivity (Wildman–Crippen MR) is 75.6 cm³/mol. The van der Waals surface area contributed by atoms with Gasteiger partial charge in [0.2, 0.25) is 5.95 Å². The van der Waals surface area contributed by atoms with Crippen LogP contribution in [0.3, 0.4) is 0 Å². The van der Waals surface area contributed by atoms with Gasteiger partial charge in [-0.05, 0) is 20.0 Å². The van der Waals surface area contributed by atoms with E-state index in [0.717, 1.165) is 6.07 Å². The van der Waals surface area contributed by atoms with Crippen LogP contribution < -0.4 is 16.6 Å². The molecule has 0 saturated carbocycles. The molecule has 0 amide bonds. The number of hydrazine groups is 1. The number of hydrogen-bond donors (Lipinski definition) is 3. The number of anilines is 2. The molecule has 0 aliphatic heterocycles. The van der Waals surface area contributed by atoms with Gasteiger partial charge in [0.15, 0.2) is 5.69 Å². The second-order valence-corrected chi connectivity index (χ2v) is 5.36. The van der Waals surface area contributed by atoms with Crippen molar-refractivity contribution in [2.24, 2.45) is 11.8 Å². The molecule has 4 N–H and O–H groups in total. The van der Waals surface area contributed by atoms with Crippen LogP contribution in [0, 0.1) is 5.92 Å². The maximum Gasteiger partial charge on any atom is 0.433 e. The van der Waals surface area contributed by atoms with E-state index < -0.39 is 11.9 Å². The van der Waals surface area contributed by atoms with E-state index in [1.807, 2.05) is 32.8 Å². The summed E-state index contributed by atoms with van der Waals surface area (Å²) in [7, 11) is 3.79. The number of alkyl halides is 3. The minimum absolute atomic E-state index is 0.0541. The maximum atomic E-state index is 12.8. The number of rotatable bonds is 6. The summed E-state index contributed by atoms with van der Waals surface area (Å²) >= 11 is 0. The van der Waals surface area contributed by atoms with E-state index in [4.69, 9.17) is 5.84 Å². The van der Waals surface area contributed by atoms with Crippen LogP contribution in [-0.2, 0) is 6.18 Å². The zero-order valence-corrected chi connectivity index (χ0v) is 12.5. The van der Waals surface area contributed by atoms with E-state index in [1.165, 1.54) is 0 Å². The first-order chi connectivity index (χ1) is 9.63. The van der Waals surface area contributed by atoms with Crippen molar-refractivity contribution >= 4 is 11.8 Å². The highest BCUT2D eigenvalue weighted by Gasteiger charge is 2.34. The van der Waals surface area contributed by atoms with Crippen molar-refractivity contribution in [3.05, 3.63) is 11.8 Å². The third kappa shape index (κ3) is 5.35. The highest BCUT2D eigenvalue weighted by atomic mass is 19.4. The normalized spacial score (nSPS) is 13.6. The fraction of sp³-hybridized carbons (Fsp3) is 0.667. The van der Waals surface area contributed by atoms with Gasteiger partial charge in [-0.3, -0.25) is 5.43 Å². The molecule has 0 fully saturated rings. The molecule has 1 atom stereocenters. The van der Waals surface area contributed by atoms with Crippen LogP contribution in [-0.4, -0.2) is 41.5 Å². The summed E-state index contributed by atoms with van der Waals surface area (Å²) in [6, 6.07) is 0.827. The Bertz CT molecular complexity index is 461. The molecule has 1 unspecified atom stereocenters. The predicted octanol–water partition coefficient (Wildman–Crippen LogP) is 1.78. The summed E-state index contributed by atoms with van der Waals surface area (Å²) in [5.41, 5.74) is 1.01. The van der Waals surface area contributed by atoms with Crippen LogP contribution in [0.4, 0.5) is 24.9 Å². The maximum absolute atomic E-state index is 12.8. The first-order valence-electron chi connectivity index (χ1n) is 6.47. The number of likely N-dealkylation sites (N-methyl/N-ethyl adjacent to an activating group) is 1. The molecule has 0 radical (unpaired) electrons. The van der Waals surface area contributed by atoms with Crippen molar-refractivity contribution in [3.8, 4) is 0 Å². The number of nitrogen functional groups attached to an aromatic ring is 1. The fourth-order valence-electron chi connectivity index (χ4n) is 1.74. The highest BCUT2D eigenvalue weighted by molar-refractivity contribution is 5.43. The molecule has 0 saturated heterocycles. The summed E-state index contributed by atoms with van der Waals surface area (Å²) in [4.78, 5) is 9.18. The second-order valence-electron chi connectivity index (χ2n) is 5.36. The number of nitrogens with two attached hydrogens (primary N) is 1. The van der Waals surface area contributed by atoms with Gasteiger partial charge in [0, 0.05) is 18.7 Å². The molecule has 0 bridgehead atoms. The number of nitrogens with one attached hydrogen (secondary N) is 2. The molecule has 0 aromatic carbocycles. The van der Waals surface area contributed by atoms with Crippen molar-refractivity contribution in [2.75, 3.05) is 31.4 Å². The Morgan fingerprint density at radius 3 is 2.33 bits per heavy atom. The molecule has 1 aromatic heterocycles. The summed E-state index contributed by atoms with van der Waals surface area (Å²) in [6.45, 7) is 4.62. The summed E-state index contributed by atoms with van der Waals surface area (Å²) in [6.07, 6.45) is -4.56. The highest BCUT2D eigenvalue weighted by Crippen LogP contribution is 2.29. The zero-order chi connectivity index (χ0) is 16.2. The molecule has 9 heteroatoms. The van der Waals surface area contributed by atoms with Gasteiger partial charge in [-0.25, -0.2) is 10.8 Å². The Morgan fingerprint density at radius 2 is 1.90 bits per heavy atom. The van der Waals surface area contributed by atoms with Crippen molar-refractivity contribution in [1.82, 2.24) is 14.9 Å². The van der Waals surface area contributed by atoms with Gasteiger partial charge in [0.25, 0.3) is 0 Å². The largest absolute Gasteiger partial charge is 0.433 e. The van der Waals surface area contributed by atoms with Crippen LogP contribution in [0.1, 0.15) is 19.5 Å². The van der Waals surface area contributed by atoms with Gasteiger partial charge in [-0.15, -0.1) is 0 Å². The van der Waals surface area contributed by atoms with Crippen LogP contribution in [0.25, 0.3) is 0 Å². The van der Waals surface area contributed by atoms with Gasteiger partial charge >= 0.3 is 6.18 Å². The molecular formula is C12H21F3N6. The van der Waals surface area contributed by atoms with E-state index in [9.17, 15) is 13.2 Å². The monoisotopic (exact) mass is 306 g/mol. The average molecular weight is 306 g/mol. The molecule has 120 valence electrons. The topological polar surface area (TPSA) is 79.1 Å². The molecular weight excluding hydrogens is 285 g/mol. The second kappa shape index (κ2) is 6.90. The quantitative estimate of drug-likeness (QED) is 0.549. The van der Waals surface area contributed by atoms with E-state index in [-0.39, 0.29) is 23.7 Å². The number of nitrogens with zero attached hydrogens (tertiary/aromatic N) is 3. The molecule has 0 aliphatic carbocycles. The van der Waals surface area contributed by atoms with Crippen LogP contribution >= 0.6 is 0 Å². The Labute approximate surface area is 121 Å². The lowest BCUT2D eigenvalue weighted by Crippen LogP contribution is -2.37. The van der Waals surface area contributed by atoms with Gasteiger partial charge in [-0.2, -0.15) is 18.2 Å². The standard InChI is InChI=1S/C12H21F3N6/c1-7(2)8(6-21(3)4)17-10-5-9(12(13,14)15)18-11(19-10)20-16/h5,7-8H,6,16H2,1-4H3,(H2,17,18,19,20). The number of halogens is 3. The Morgan fingerprint density at radius 1 is 1.29 bits per heavy atom. The molecule has 0 spiro atoms. The SMILES string of the molecule is CC(C)C(CN(C)C)Nc1cc(C(F)(F)F)nc(NN)n1.